The molecule has 0 saturated heterocycles. The van der Waals surface area contributed by atoms with E-state index >= 15 is 0 Å². The van der Waals surface area contributed by atoms with Crippen molar-refractivity contribution < 1.29 is 23.8 Å². The predicted molar refractivity (Wildman–Crippen MR) is 111 cm³/mol. The lowest BCUT2D eigenvalue weighted by atomic mass is 10.2. The van der Waals surface area contributed by atoms with Crippen LogP contribution in [0.4, 0.5) is 11.4 Å². The summed E-state index contributed by atoms with van der Waals surface area (Å²) >= 11 is 0. The highest BCUT2D eigenvalue weighted by atomic mass is 16.5. The fourth-order valence-electron chi connectivity index (χ4n) is 3.04. The quantitative estimate of drug-likeness (QED) is 0.708. The van der Waals surface area contributed by atoms with Crippen LogP contribution in [0.5, 0.6) is 17.2 Å². The van der Waals surface area contributed by atoms with Crippen molar-refractivity contribution in [1.29, 1.82) is 0 Å². The number of amides is 2. The third-order valence-corrected chi connectivity index (χ3v) is 4.62. The Balaban J connectivity index is 1.56. The Morgan fingerprint density at radius 3 is 2.10 bits per heavy atom. The number of carbonyl (C=O) groups is 2. The Bertz CT molecular complexity index is 879. The minimum Gasteiger partial charge on any atom is -0.497 e. The van der Waals surface area contributed by atoms with E-state index in [0.29, 0.717) is 29.3 Å². The van der Waals surface area contributed by atoms with Gasteiger partial charge in [-0.15, -0.1) is 0 Å². The molecule has 0 aliphatic heterocycles. The molecule has 2 aromatic rings. The first-order chi connectivity index (χ1) is 13.9. The largest absolute Gasteiger partial charge is 0.497 e. The summed E-state index contributed by atoms with van der Waals surface area (Å²) in [6.45, 7) is 3.91. The highest BCUT2D eigenvalue weighted by Gasteiger charge is 2.48. The normalized spacial score (nSPS) is 17.4. The summed E-state index contributed by atoms with van der Waals surface area (Å²) < 4.78 is 16.0. The van der Waals surface area contributed by atoms with E-state index in [4.69, 9.17) is 14.2 Å². The summed E-state index contributed by atoms with van der Waals surface area (Å²) in [4.78, 5) is 25.0. The van der Waals surface area contributed by atoms with E-state index in [1.54, 1.807) is 37.4 Å². The number of hydrogen-bond donors (Lipinski definition) is 2. The van der Waals surface area contributed by atoms with Crippen LogP contribution in [0.15, 0.2) is 42.5 Å². The Kier molecular flexibility index (Phi) is 6.26. The van der Waals surface area contributed by atoms with Gasteiger partial charge in [-0.25, -0.2) is 0 Å². The van der Waals surface area contributed by atoms with Crippen molar-refractivity contribution in [1.82, 2.24) is 0 Å². The number of anilines is 2. The van der Waals surface area contributed by atoms with Crippen LogP contribution in [0, 0.1) is 11.8 Å². The van der Waals surface area contributed by atoms with Gasteiger partial charge in [0.15, 0.2) is 0 Å². The summed E-state index contributed by atoms with van der Waals surface area (Å²) in [6.07, 6.45) is 0.600. The fraction of sp³-hybridized carbons (Fsp3) is 0.364. The van der Waals surface area contributed by atoms with E-state index in [2.05, 4.69) is 10.6 Å². The SMILES string of the molecule is COc1ccc(OC)c(NC(=O)C2CC2C(=O)Nc2ccc(OC(C)C)cc2)c1. The van der Waals surface area contributed by atoms with Crippen LogP contribution in [0.1, 0.15) is 20.3 Å². The van der Waals surface area contributed by atoms with E-state index in [0.717, 1.165) is 5.75 Å². The van der Waals surface area contributed by atoms with Crippen molar-refractivity contribution in [2.45, 2.75) is 26.4 Å². The third kappa shape index (κ3) is 5.19. The molecule has 29 heavy (non-hydrogen) atoms. The zero-order chi connectivity index (χ0) is 21.0. The number of methoxy groups -OCH3 is 2. The first kappa shape index (κ1) is 20.5. The molecule has 2 atom stereocenters. The van der Waals surface area contributed by atoms with Crippen molar-refractivity contribution >= 4 is 23.2 Å². The van der Waals surface area contributed by atoms with Gasteiger partial charge in [0.1, 0.15) is 17.2 Å². The van der Waals surface area contributed by atoms with Crippen LogP contribution >= 0.6 is 0 Å². The van der Waals surface area contributed by atoms with E-state index in [1.165, 1.54) is 7.11 Å². The van der Waals surface area contributed by atoms with Crippen LogP contribution < -0.4 is 24.8 Å². The highest BCUT2D eigenvalue weighted by Crippen LogP contribution is 2.41. The zero-order valence-electron chi connectivity index (χ0n) is 17.0. The maximum absolute atomic E-state index is 12.6. The maximum Gasteiger partial charge on any atom is 0.228 e. The smallest absolute Gasteiger partial charge is 0.228 e. The molecule has 3 rings (SSSR count). The summed E-state index contributed by atoms with van der Waals surface area (Å²) in [5.41, 5.74) is 1.19. The molecule has 2 aromatic carbocycles. The molecule has 154 valence electrons. The monoisotopic (exact) mass is 398 g/mol. The number of rotatable bonds is 8. The molecule has 1 saturated carbocycles. The average molecular weight is 398 g/mol. The van der Waals surface area contributed by atoms with Crippen LogP contribution in [-0.4, -0.2) is 32.1 Å². The van der Waals surface area contributed by atoms with Crippen LogP contribution in [0.25, 0.3) is 0 Å². The molecule has 2 amide bonds. The lowest BCUT2D eigenvalue weighted by molar-refractivity contribution is -0.122. The first-order valence-electron chi connectivity index (χ1n) is 9.51. The number of hydrogen-bond acceptors (Lipinski definition) is 5. The Hall–Kier alpha value is -3.22. The molecule has 1 aliphatic carbocycles. The molecular formula is C22H26N2O5. The number of ether oxygens (including phenoxy) is 3. The van der Waals surface area contributed by atoms with E-state index in [-0.39, 0.29) is 29.8 Å². The summed E-state index contributed by atoms with van der Waals surface area (Å²) in [6, 6.07) is 12.3. The standard InChI is InChI=1S/C22H26N2O5/c1-13(2)29-15-7-5-14(6-8-15)23-21(25)17-12-18(17)22(26)24-19-11-16(27-3)9-10-20(19)28-4/h5-11,13,17-18H,12H2,1-4H3,(H,23,25)(H,24,26). The van der Waals surface area contributed by atoms with Gasteiger partial charge in [-0.3, -0.25) is 9.59 Å². The number of nitrogens with one attached hydrogen (secondary N) is 2. The highest BCUT2D eigenvalue weighted by molar-refractivity contribution is 6.03. The molecule has 0 aromatic heterocycles. The van der Waals surface area contributed by atoms with Crippen molar-refractivity contribution in [2.75, 3.05) is 24.9 Å². The summed E-state index contributed by atoms with van der Waals surface area (Å²) in [5.74, 6) is 0.792. The van der Waals surface area contributed by atoms with Crippen molar-refractivity contribution in [2.24, 2.45) is 11.8 Å². The Morgan fingerprint density at radius 1 is 0.897 bits per heavy atom. The fourth-order valence-corrected chi connectivity index (χ4v) is 3.04. The van der Waals surface area contributed by atoms with Gasteiger partial charge >= 0.3 is 0 Å². The van der Waals surface area contributed by atoms with Gasteiger partial charge in [0.05, 0.1) is 37.8 Å². The Labute approximate surface area is 170 Å². The van der Waals surface area contributed by atoms with E-state index in [1.807, 2.05) is 26.0 Å². The minimum absolute atomic E-state index is 0.0874. The summed E-state index contributed by atoms with van der Waals surface area (Å²) in [5, 5.41) is 5.69. The molecule has 7 nitrogen and oxygen atoms in total. The lowest BCUT2D eigenvalue weighted by Gasteiger charge is -2.12. The summed E-state index contributed by atoms with van der Waals surface area (Å²) in [7, 11) is 3.08. The second-order valence-corrected chi connectivity index (χ2v) is 7.18. The van der Waals surface area contributed by atoms with E-state index in [9.17, 15) is 9.59 Å². The maximum atomic E-state index is 12.6. The van der Waals surface area contributed by atoms with Gasteiger partial charge in [-0.05, 0) is 56.7 Å². The van der Waals surface area contributed by atoms with Gasteiger partial charge < -0.3 is 24.8 Å². The van der Waals surface area contributed by atoms with Gasteiger partial charge in [0.25, 0.3) is 0 Å². The lowest BCUT2D eigenvalue weighted by Crippen LogP contribution is -2.20. The van der Waals surface area contributed by atoms with Crippen LogP contribution in [-0.2, 0) is 9.59 Å². The van der Waals surface area contributed by atoms with Crippen molar-refractivity contribution in [3.63, 3.8) is 0 Å². The zero-order valence-corrected chi connectivity index (χ0v) is 17.0. The molecule has 0 radical (unpaired) electrons. The van der Waals surface area contributed by atoms with Gasteiger partial charge in [0, 0.05) is 11.8 Å². The average Bonchev–Trinajstić information content (AvgIpc) is 3.50. The predicted octanol–water partition coefficient (Wildman–Crippen LogP) is 3.70. The van der Waals surface area contributed by atoms with Gasteiger partial charge in [0.2, 0.25) is 11.8 Å². The number of carbonyl (C=O) groups excluding carboxylic acids is 2. The third-order valence-electron chi connectivity index (χ3n) is 4.62. The molecule has 1 aliphatic rings. The number of benzene rings is 2. The second-order valence-electron chi connectivity index (χ2n) is 7.18. The van der Waals surface area contributed by atoms with Crippen LogP contribution in [0.2, 0.25) is 0 Å². The van der Waals surface area contributed by atoms with Gasteiger partial charge in [-0.2, -0.15) is 0 Å². The Morgan fingerprint density at radius 2 is 1.52 bits per heavy atom. The van der Waals surface area contributed by atoms with Crippen molar-refractivity contribution in [3.05, 3.63) is 42.5 Å². The van der Waals surface area contributed by atoms with Gasteiger partial charge in [-0.1, -0.05) is 0 Å². The van der Waals surface area contributed by atoms with Crippen LogP contribution in [0.3, 0.4) is 0 Å². The molecule has 2 N–H and O–H groups in total. The first-order valence-corrected chi connectivity index (χ1v) is 9.51. The van der Waals surface area contributed by atoms with Crippen molar-refractivity contribution in [3.8, 4) is 17.2 Å². The molecule has 2 unspecified atom stereocenters. The molecule has 7 heteroatoms. The molecule has 0 bridgehead atoms. The minimum atomic E-state index is -0.366. The van der Waals surface area contributed by atoms with E-state index < -0.39 is 0 Å². The molecule has 0 heterocycles. The second kappa shape index (κ2) is 8.86. The topological polar surface area (TPSA) is 85.9 Å². The molecular weight excluding hydrogens is 372 g/mol. The molecule has 1 fully saturated rings. The molecule has 0 spiro atoms.